The molecular formula is C15H16LiN. The zero-order valence-corrected chi connectivity index (χ0v) is 10.6. The second kappa shape index (κ2) is 7.22. The Hall–Kier alpha value is -1.16. The first kappa shape index (κ1) is 13.9. The molecule has 0 saturated carbocycles. The van der Waals surface area contributed by atoms with Gasteiger partial charge >= 0.3 is 18.9 Å². The van der Waals surface area contributed by atoms with Crippen LogP contribution in [-0.2, 0) is 6.54 Å². The molecule has 0 N–H and O–H groups in total. The fourth-order valence-corrected chi connectivity index (χ4v) is 1.75. The predicted molar refractivity (Wildman–Crippen MR) is 68.4 cm³/mol. The topological polar surface area (TPSA) is 3.24 Å². The molecule has 82 valence electrons. The van der Waals surface area contributed by atoms with Crippen molar-refractivity contribution < 1.29 is 18.9 Å². The van der Waals surface area contributed by atoms with Crippen LogP contribution >= 0.6 is 0 Å². The van der Waals surface area contributed by atoms with Crippen LogP contribution in [0.25, 0.3) is 0 Å². The number of para-hydroxylation sites is 1. The molecule has 0 aromatic heterocycles. The van der Waals surface area contributed by atoms with Crippen LogP contribution < -0.4 is 23.8 Å². The van der Waals surface area contributed by atoms with Crippen molar-refractivity contribution in [1.82, 2.24) is 0 Å². The van der Waals surface area contributed by atoms with Gasteiger partial charge in [-0.25, -0.2) is 0 Å². The Bertz CT molecular complexity index is 413. The van der Waals surface area contributed by atoms with Crippen molar-refractivity contribution in [2.45, 2.75) is 13.5 Å². The molecule has 2 aromatic carbocycles. The third-order valence-corrected chi connectivity index (χ3v) is 2.63. The molecule has 17 heavy (non-hydrogen) atoms. The summed E-state index contributed by atoms with van der Waals surface area (Å²) >= 11 is 0. The summed E-state index contributed by atoms with van der Waals surface area (Å²) in [7, 11) is 0. The van der Waals surface area contributed by atoms with Crippen molar-refractivity contribution in [2.24, 2.45) is 0 Å². The van der Waals surface area contributed by atoms with Crippen LogP contribution in [0.5, 0.6) is 0 Å². The van der Waals surface area contributed by atoms with Crippen molar-refractivity contribution in [3.05, 3.63) is 66.2 Å². The maximum absolute atomic E-state index is 3.27. The normalized spacial score (nSPS) is 9.47. The average molecular weight is 217 g/mol. The average Bonchev–Trinajstić information content (AvgIpc) is 2.38. The first-order valence-corrected chi connectivity index (χ1v) is 5.65. The number of rotatable bonds is 4. The fourth-order valence-electron chi connectivity index (χ4n) is 1.75. The molecule has 1 nitrogen and oxygen atoms in total. The van der Waals surface area contributed by atoms with Crippen LogP contribution in [0.1, 0.15) is 12.5 Å². The van der Waals surface area contributed by atoms with Crippen LogP contribution in [-0.4, -0.2) is 6.54 Å². The molecule has 0 aliphatic rings. The zero-order valence-electron chi connectivity index (χ0n) is 10.6. The summed E-state index contributed by atoms with van der Waals surface area (Å²) < 4.78 is 0. The van der Waals surface area contributed by atoms with E-state index in [1.807, 2.05) is 12.1 Å². The molecule has 2 rings (SSSR count). The first-order valence-electron chi connectivity index (χ1n) is 5.65. The summed E-state index contributed by atoms with van der Waals surface area (Å²) in [6.45, 7) is 4.11. The number of anilines is 1. The Morgan fingerprint density at radius 2 is 1.71 bits per heavy atom. The zero-order chi connectivity index (χ0) is 11.2. The Labute approximate surface area is 116 Å². The van der Waals surface area contributed by atoms with E-state index >= 15 is 0 Å². The second-order valence-electron chi connectivity index (χ2n) is 3.75. The van der Waals surface area contributed by atoms with Gasteiger partial charge < -0.3 is 4.90 Å². The summed E-state index contributed by atoms with van der Waals surface area (Å²) in [4.78, 5) is 2.31. The van der Waals surface area contributed by atoms with Crippen molar-refractivity contribution >= 4 is 5.69 Å². The Morgan fingerprint density at radius 1 is 1.00 bits per heavy atom. The Morgan fingerprint density at radius 3 is 2.29 bits per heavy atom. The molecule has 0 spiro atoms. The number of benzene rings is 2. The van der Waals surface area contributed by atoms with Crippen LogP contribution in [0, 0.1) is 6.07 Å². The maximum Gasteiger partial charge on any atom is 1.00 e. The van der Waals surface area contributed by atoms with Gasteiger partial charge in [0.2, 0.25) is 0 Å². The molecule has 0 radical (unpaired) electrons. The monoisotopic (exact) mass is 217 g/mol. The van der Waals surface area contributed by atoms with E-state index in [-0.39, 0.29) is 18.9 Å². The van der Waals surface area contributed by atoms with Gasteiger partial charge in [-0.2, -0.15) is 24.3 Å². The molecule has 2 aromatic rings. The van der Waals surface area contributed by atoms with E-state index in [2.05, 4.69) is 60.4 Å². The molecule has 0 amide bonds. The summed E-state index contributed by atoms with van der Waals surface area (Å²) in [6.07, 6.45) is 0. The summed E-state index contributed by atoms with van der Waals surface area (Å²) in [5.74, 6) is 0. The van der Waals surface area contributed by atoms with Gasteiger partial charge in [-0.15, -0.1) is 6.07 Å². The van der Waals surface area contributed by atoms with E-state index in [0.29, 0.717) is 0 Å². The van der Waals surface area contributed by atoms with Gasteiger partial charge in [-0.1, -0.05) is 36.0 Å². The minimum atomic E-state index is 0. The van der Waals surface area contributed by atoms with Crippen molar-refractivity contribution in [3.63, 3.8) is 0 Å². The van der Waals surface area contributed by atoms with Gasteiger partial charge in [0.15, 0.2) is 0 Å². The van der Waals surface area contributed by atoms with E-state index in [0.717, 1.165) is 18.8 Å². The molecule has 0 fully saturated rings. The van der Waals surface area contributed by atoms with Crippen molar-refractivity contribution in [1.29, 1.82) is 0 Å². The number of hydrogen-bond donors (Lipinski definition) is 0. The smallest absolute Gasteiger partial charge is 0.390 e. The Balaban J connectivity index is 0.00000144. The number of hydrogen-bond acceptors (Lipinski definition) is 1. The van der Waals surface area contributed by atoms with Crippen LogP contribution in [0.15, 0.2) is 54.6 Å². The summed E-state index contributed by atoms with van der Waals surface area (Å²) in [5.41, 5.74) is 2.50. The first-order chi connectivity index (χ1) is 7.90. The van der Waals surface area contributed by atoms with Crippen molar-refractivity contribution in [2.75, 3.05) is 11.4 Å². The SMILES string of the molecule is CCN(Cc1ccccc1)c1[c-]cccc1.[Li+]. The quantitative estimate of drug-likeness (QED) is 0.533. The summed E-state index contributed by atoms with van der Waals surface area (Å²) in [5, 5.41) is 0. The molecule has 0 bridgehead atoms. The van der Waals surface area contributed by atoms with Gasteiger partial charge in [0.1, 0.15) is 0 Å². The van der Waals surface area contributed by atoms with Gasteiger partial charge in [0.05, 0.1) is 0 Å². The predicted octanol–water partition coefficient (Wildman–Crippen LogP) is 0.517. The summed E-state index contributed by atoms with van der Waals surface area (Å²) in [6, 6.07) is 21.9. The van der Waals surface area contributed by atoms with Crippen LogP contribution in [0.2, 0.25) is 0 Å². The minimum absolute atomic E-state index is 0. The Kier molecular flexibility index (Phi) is 5.90. The second-order valence-corrected chi connectivity index (χ2v) is 3.75. The van der Waals surface area contributed by atoms with Gasteiger partial charge in [-0.3, -0.25) is 0 Å². The number of nitrogens with zero attached hydrogens (tertiary/aromatic N) is 1. The molecule has 0 saturated heterocycles. The third-order valence-electron chi connectivity index (χ3n) is 2.63. The van der Waals surface area contributed by atoms with E-state index in [4.69, 9.17) is 0 Å². The molecule has 0 aliphatic carbocycles. The molecule has 0 heterocycles. The van der Waals surface area contributed by atoms with Gasteiger partial charge in [0, 0.05) is 13.1 Å². The standard InChI is InChI=1S/C15H16N.Li/c1-2-16(15-11-7-4-8-12-15)13-14-9-5-3-6-10-14;/h3-11H,2,13H2,1H3;/q-1;+1. The van der Waals surface area contributed by atoms with E-state index in [1.165, 1.54) is 5.56 Å². The minimum Gasteiger partial charge on any atom is -0.390 e. The largest absolute Gasteiger partial charge is 1.00 e. The van der Waals surface area contributed by atoms with Crippen LogP contribution in [0.3, 0.4) is 0 Å². The molecular weight excluding hydrogens is 201 g/mol. The molecule has 0 aliphatic heterocycles. The van der Waals surface area contributed by atoms with E-state index in [1.54, 1.807) is 0 Å². The molecule has 0 atom stereocenters. The van der Waals surface area contributed by atoms with Crippen molar-refractivity contribution in [3.8, 4) is 0 Å². The molecule has 2 heteroatoms. The van der Waals surface area contributed by atoms with E-state index < -0.39 is 0 Å². The van der Waals surface area contributed by atoms with Gasteiger partial charge in [-0.05, 0) is 12.5 Å². The fraction of sp³-hybridized carbons (Fsp3) is 0.200. The van der Waals surface area contributed by atoms with Gasteiger partial charge in [0.25, 0.3) is 0 Å². The third kappa shape index (κ3) is 3.96. The van der Waals surface area contributed by atoms with E-state index in [9.17, 15) is 0 Å². The maximum atomic E-state index is 3.27. The van der Waals surface area contributed by atoms with Crippen LogP contribution in [0.4, 0.5) is 5.69 Å². The molecule has 0 unspecified atom stereocenters.